The van der Waals surface area contributed by atoms with Gasteiger partial charge in [-0.1, -0.05) is 29.8 Å². The summed E-state index contributed by atoms with van der Waals surface area (Å²) in [6.45, 7) is 3.84. The number of rotatable bonds is 3. The second-order valence-electron chi connectivity index (χ2n) is 3.67. The van der Waals surface area contributed by atoms with Crippen LogP contribution in [0.1, 0.15) is 19.4 Å². The molecule has 0 nitrogen and oxygen atoms in total. The molecule has 1 aromatic carbocycles. The fraction of sp³-hybridized carbons (Fsp3) is 0.333. The number of alkyl halides is 2. The summed E-state index contributed by atoms with van der Waals surface area (Å²) in [5, 5.41) is 0. The van der Waals surface area contributed by atoms with Gasteiger partial charge in [0.25, 0.3) is 5.76 Å². The van der Waals surface area contributed by atoms with Crippen LogP contribution in [0.25, 0.3) is 0 Å². The van der Waals surface area contributed by atoms with Crippen LogP contribution in [0.2, 0.25) is 0 Å². The van der Waals surface area contributed by atoms with Gasteiger partial charge in [-0.25, -0.2) is 0 Å². The van der Waals surface area contributed by atoms with Crippen molar-refractivity contribution in [3.63, 3.8) is 0 Å². The van der Waals surface area contributed by atoms with Crippen molar-refractivity contribution in [2.24, 2.45) is 0 Å². The van der Waals surface area contributed by atoms with E-state index in [0.717, 1.165) is 5.56 Å². The van der Waals surface area contributed by atoms with Gasteiger partial charge in [0.2, 0.25) is 0 Å². The molecule has 80 valence electrons. The summed E-state index contributed by atoms with van der Waals surface area (Å²) < 4.78 is 24.1. The predicted octanol–water partition coefficient (Wildman–Crippen LogP) is 3.91. The fourth-order valence-corrected chi connectivity index (χ4v) is 1.64. The van der Waals surface area contributed by atoms with Gasteiger partial charge in [0.1, 0.15) is 0 Å². The van der Waals surface area contributed by atoms with E-state index in [2.05, 4.69) is 5.92 Å². The Morgan fingerprint density at radius 3 is 2.20 bits per heavy atom. The van der Waals surface area contributed by atoms with Crippen LogP contribution in [0.4, 0.5) is 8.78 Å². The number of hydrogen-bond acceptors (Lipinski definition) is 1. The minimum Gasteiger partial charge on any atom is -0.198 e. The van der Waals surface area contributed by atoms with Crippen molar-refractivity contribution in [1.29, 1.82) is 0 Å². The Hall–Kier alpha value is -1.01. The Labute approximate surface area is 93.1 Å². The minimum absolute atomic E-state index is 0.353. The molecular formula is C12H12F2S. The van der Waals surface area contributed by atoms with Gasteiger partial charge >= 0.3 is 0 Å². The highest BCUT2D eigenvalue weighted by molar-refractivity contribution is 7.99. The summed E-state index contributed by atoms with van der Waals surface area (Å²) in [5.41, 5.74) is 0.609. The maximum Gasteiger partial charge on any atom is 0.288 e. The first-order chi connectivity index (χ1) is 6.95. The van der Waals surface area contributed by atoms with Crippen LogP contribution in [0.3, 0.4) is 0 Å². The Kier molecular flexibility index (Phi) is 3.76. The topological polar surface area (TPSA) is 0 Å². The van der Waals surface area contributed by atoms with Gasteiger partial charge < -0.3 is 0 Å². The first-order valence-corrected chi connectivity index (χ1v) is 5.37. The molecule has 0 fully saturated rings. The highest BCUT2D eigenvalue weighted by Crippen LogP contribution is 2.28. The number of halogens is 2. The zero-order valence-electron chi connectivity index (χ0n) is 8.63. The number of terminal acetylenes is 1. The summed E-state index contributed by atoms with van der Waals surface area (Å²) >= 11 is 0.540. The summed E-state index contributed by atoms with van der Waals surface area (Å²) in [7, 11) is 0. The maximum absolute atomic E-state index is 12.1. The van der Waals surface area contributed by atoms with Gasteiger partial charge in [0.15, 0.2) is 0 Å². The van der Waals surface area contributed by atoms with E-state index in [9.17, 15) is 8.78 Å². The quantitative estimate of drug-likeness (QED) is 0.556. The van der Waals surface area contributed by atoms with E-state index in [1.165, 1.54) is 0 Å². The molecule has 0 bridgehead atoms. The van der Waals surface area contributed by atoms with Crippen LogP contribution >= 0.6 is 11.8 Å². The van der Waals surface area contributed by atoms with E-state index in [4.69, 9.17) is 6.42 Å². The lowest BCUT2D eigenvalue weighted by atomic mass is 9.86. The highest BCUT2D eigenvalue weighted by atomic mass is 32.2. The maximum atomic E-state index is 12.1. The Morgan fingerprint density at radius 2 is 1.80 bits per heavy atom. The summed E-state index contributed by atoms with van der Waals surface area (Å²) in [6.07, 6.45) is 5.38. The second-order valence-corrected chi connectivity index (χ2v) is 4.74. The molecule has 0 aliphatic carbocycles. The molecule has 3 heteroatoms. The molecule has 0 aliphatic heterocycles. The second kappa shape index (κ2) is 4.67. The molecule has 0 spiro atoms. The molecule has 0 saturated carbocycles. The standard InChI is InChI=1S/C12H12F2S/c1-4-12(2,3)9-5-7-10(8-6-9)15-11(13)14/h1,5-8,11H,2-3H3. The molecular weight excluding hydrogens is 214 g/mol. The van der Waals surface area contributed by atoms with E-state index in [-0.39, 0.29) is 5.41 Å². The molecule has 0 unspecified atom stereocenters. The van der Waals surface area contributed by atoms with Crippen molar-refractivity contribution < 1.29 is 8.78 Å². The molecule has 0 atom stereocenters. The van der Waals surface area contributed by atoms with E-state index in [0.29, 0.717) is 16.7 Å². The van der Waals surface area contributed by atoms with E-state index >= 15 is 0 Å². The van der Waals surface area contributed by atoms with Crippen LogP contribution < -0.4 is 0 Å². The van der Waals surface area contributed by atoms with Gasteiger partial charge in [-0.05, 0) is 31.5 Å². The first-order valence-electron chi connectivity index (χ1n) is 4.49. The van der Waals surface area contributed by atoms with Crippen molar-refractivity contribution in [2.45, 2.75) is 29.9 Å². The van der Waals surface area contributed by atoms with Gasteiger partial charge in [0, 0.05) is 4.90 Å². The Morgan fingerprint density at radius 1 is 1.27 bits per heavy atom. The minimum atomic E-state index is -2.38. The van der Waals surface area contributed by atoms with E-state index < -0.39 is 5.76 Å². The third-order valence-electron chi connectivity index (χ3n) is 2.16. The lowest BCUT2D eigenvalue weighted by molar-refractivity contribution is 0.252. The molecule has 15 heavy (non-hydrogen) atoms. The summed E-state index contributed by atoms with van der Waals surface area (Å²) in [6, 6.07) is 6.94. The number of benzene rings is 1. The molecule has 0 aromatic heterocycles. The number of thioether (sulfide) groups is 1. The summed E-state index contributed by atoms with van der Waals surface area (Å²) in [4.78, 5) is 0.557. The van der Waals surface area contributed by atoms with Crippen LogP contribution in [0, 0.1) is 12.3 Å². The lowest BCUT2D eigenvalue weighted by Crippen LogP contribution is -2.13. The van der Waals surface area contributed by atoms with Crippen LogP contribution in [0.5, 0.6) is 0 Å². The van der Waals surface area contributed by atoms with Crippen LogP contribution in [-0.2, 0) is 5.41 Å². The lowest BCUT2D eigenvalue weighted by Gasteiger charge is -2.18. The zero-order valence-corrected chi connectivity index (χ0v) is 9.44. The van der Waals surface area contributed by atoms with Crippen molar-refractivity contribution in [3.05, 3.63) is 29.8 Å². The smallest absolute Gasteiger partial charge is 0.198 e. The van der Waals surface area contributed by atoms with Crippen LogP contribution in [-0.4, -0.2) is 5.76 Å². The Bertz CT molecular complexity index is 360. The third-order valence-corrected chi connectivity index (χ3v) is 2.88. The van der Waals surface area contributed by atoms with Gasteiger partial charge in [-0.3, -0.25) is 0 Å². The molecule has 0 heterocycles. The molecule has 0 aliphatic rings. The zero-order chi connectivity index (χ0) is 11.5. The van der Waals surface area contributed by atoms with Crippen molar-refractivity contribution in [1.82, 2.24) is 0 Å². The summed E-state index contributed by atoms with van der Waals surface area (Å²) in [5.74, 6) is 0.285. The van der Waals surface area contributed by atoms with E-state index in [1.54, 1.807) is 24.3 Å². The Balaban J connectivity index is 2.87. The monoisotopic (exact) mass is 226 g/mol. The predicted molar refractivity (Wildman–Crippen MR) is 60.2 cm³/mol. The van der Waals surface area contributed by atoms with Crippen LogP contribution in [0.15, 0.2) is 29.2 Å². The van der Waals surface area contributed by atoms with Crippen molar-refractivity contribution in [3.8, 4) is 12.3 Å². The SMILES string of the molecule is C#CC(C)(C)c1ccc(SC(F)F)cc1. The fourth-order valence-electron chi connectivity index (χ4n) is 1.14. The molecule has 0 radical (unpaired) electrons. The highest BCUT2D eigenvalue weighted by Gasteiger charge is 2.16. The number of hydrogen-bond donors (Lipinski definition) is 0. The largest absolute Gasteiger partial charge is 0.288 e. The molecule has 1 rings (SSSR count). The van der Waals surface area contributed by atoms with Gasteiger partial charge in [-0.15, -0.1) is 6.42 Å². The molecule has 1 aromatic rings. The normalized spacial score (nSPS) is 11.5. The molecule has 0 saturated heterocycles. The van der Waals surface area contributed by atoms with Gasteiger partial charge in [0.05, 0.1) is 5.41 Å². The third kappa shape index (κ3) is 3.24. The molecule has 0 N–H and O–H groups in total. The van der Waals surface area contributed by atoms with Gasteiger partial charge in [-0.2, -0.15) is 8.78 Å². The van der Waals surface area contributed by atoms with Crippen molar-refractivity contribution in [2.75, 3.05) is 0 Å². The average Bonchev–Trinajstić information content (AvgIpc) is 2.18. The van der Waals surface area contributed by atoms with E-state index in [1.807, 2.05) is 13.8 Å². The molecule has 0 amide bonds. The van der Waals surface area contributed by atoms with Crippen molar-refractivity contribution >= 4 is 11.8 Å². The average molecular weight is 226 g/mol. The first kappa shape index (κ1) is 12.1.